The number of ether oxygens (including phenoxy) is 1. The van der Waals surface area contributed by atoms with E-state index >= 15 is 0 Å². The second kappa shape index (κ2) is 5.83. The van der Waals surface area contributed by atoms with Gasteiger partial charge in [0.15, 0.2) is 0 Å². The summed E-state index contributed by atoms with van der Waals surface area (Å²) in [6.07, 6.45) is 3.44. The summed E-state index contributed by atoms with van der Waals surface area (Å²) in [6.45, 7) is 2.52. The molecule has 0 aromatic heterocycles. The zero-order valence-corrected chi connectivity index (χ0v) is 10.5. The lowest BCUT2D eigenvalue weighted by molar-refractivity contribution is -0.131. The van der Waals surface area contributed by atoms with Crippen molar-refractivity contribution < 1.29 is 14.6 Å². The zero-order chi connectivity index (χ0) is 13.0. The first-order chi connectivity index (χ1) is 8.65. The predicted octanol–water partition coefficient (Wildman–Crippen LogP) is 3.01. The molecular weight excluding hydrogens is 228 g/mol. The van der Waals surface area contributed by atoms with Crippen molar-refractivity contribution in [3.63, 3.8) is 0 Å². The van der Waals surface area contributed by atoms with Crippen molar-refractivity contribution in [2.75, 3.05) is 0 Å². The van der Waals surface area contributed by atoms with Crippen LogP contribution < -0.4 is 0 Å². The molecule has 0 amide bonds. The number of carbonyl (C=O) groups is 1. The van der Waals surface area contributed by atoms with Gasteiger partial charge in [-0.05, 0) is 31.2 Å². The average molecular weight is 246 g/mol. The minimum absolute atomic E-state index is 0.271. The fourth-order valence-electron chi connectivity index (χ4n) is 2.17. The highest BCUT2D eigenvalue weighted by Crippen LogP contribution is 2.35. The number of hydrogen-bond donors (Lipinski definition) is 1. The molecule has 18 heavy (non-hydrogen) atoms. The smallest absolute Gasteiger partial charge is 0.328 e. The van der Waals surface area contributed by atoms with Crippen molar-refractivity contribution in [2.45, 2.75) is 32.5 Å². The SMILES string of the molecule is CC(=CC(=O)O)C1CC(OCc2ccccc2)C1. The number of allylic oxidation sites excluding steroid dienone is 1. The molecule has 1 saturated carbocycles. The van der Waals surface area contributed by atoms with Crippen LogP contribution in [0.2, 0.25) is 0 Å². The lowest BCUT2D eigenvalue weighted by Crippen LogP contribution is -2.32. The first-order valence-electron chi connectivity index (χ1n) is 6.22. The maximum atomic E-state index is 10.5. The molecule has 3 heteroatoms. The first-order valence-corrected chi connectivity index (χ1v) is 6.22. The van der Waals surface area contributed by atoms with Gasteiger partial charge in [0.25, 0.3) is 0 Å². The largest absolute Gasteiger partial charge is 0.478 e. The highest BCUT2D eigenvalue weighted by Gasteiger charge is 2.31. The van der Waals surface area contributed by atoms with Gasteiger partial charge in [-0.15, -0.1) is 0 Å². The summed E-state index contributed by atoms with van der Waals surface area (Å²) in [6, 6.07) is 10.1. The monoisotopic (exact) mass is 246 g/mol. The van der Waals surface area contributed by atoms with Gasteiger partial charge in [-0.2, -0.15) is 0 Å². The third-order valence-electron chi connectivity index (χ3n) is 3.42. The van der Waals surface area contributed by atoms with E-state index in [1.54, 1.807) is 0 Å². The average Bonchev–Trinajstić information content (AvgIpc) is 2.27. The normalized spacial score (nSPS) is 23.5. The maximum Gasteiger partial charge on any atom is 0.328 e. The van der Waals surface area contributed by atoms with Gasteiger partial charge in [-0.25, -0.2) is 4.79 Å². The van der Waals surface area contributed by atoms with Crippen LogP contribution in [0.3, 0.4) is 0 Å². The van der Waals surface area contributed by atoms with Gasteiger partial charge >= 0.3 is 5.97 Å². The van der Waals surface area contributed by atoms with Crippen LogP contribution in [0, 0.1) is 5.92 Å². The van der Waals surface area contributed by atoms with E-state index in [1.165, 1.54) is 11.6 Å². The Morgan fingerprint density at radius 1 is 1.39 bits per heavy atom. The summed E-state index contributed by atoms with van der Waals surface area (Å²) in [5.41, 5.74) is 2.13. The Labute approximate surface area is 107 Å². The highest BCUT2D eigenvalue weighted by atomic mass is 16.5. The van der Waals surface area contributed by atoms with E-state index < -0.39 is 5.97 Å². The van der Waals surface area contributed by atoms with Crippen LogP contribution in [0.1, 0.15) is 25.3 Å². The summed E-state index contributed by atoms with van der Waals surface area (Å²) in [5.74, 6) is -0.483. The molecule has 1 aliphatic carbocycles. The number of benzene rings is 1. The van der Waals surface area contributed by atoms with Crippen molar-refractivity contribution >= 4 is 5.97 Å². The summed E-state index contributed by atoms with van der Waals surface area (Å²) in [4.78, 5) is 10.5. The van der Waals surface area contributed by atoms with Gasteiger partial charge in [0, 0.05) is 6.08 Å². The van der Waals surface area contributed by atoms with Crippen LogP contribution in [0.15, 0.2) is 42.0 Å². The van der Waals surface area contributed by atoms with E-state index in [0.29, 0.717) is 12.5 Å². The van der Waals surface area contributed by atoms with Crippen LogP contribution in [0.25, 0.3) is 0 Å². The molecule has 96 valence electrons. The molecule has 1 fully saturated rings. The fraction of sp³-hybridized carbons (Fsp3) is 0.400. The van der Waals surface area contributed by atoms with E-state index in [-0.39, 0.29) is 6.10 Å². The number of carboxylic acid groups (broad SMARTS) is 1. The molecule has 0 saturated heterocycles. The molecule has 0 spiro atoms. The Balaban J connectivity index is 1.72. The van der Waals surface area contributed by atoms with Crippen LogP contribution >= 0.6 is 0 Å². The predicted molar refractivity (Wildman–Crippen MR) is 69.1 cm³/mol. The second-order valence-corrected chi connectivity index (χ2v) is 4.81. The number of hydrogen-bond acceptors (Lipinski definition) is 2. The minimum atomic E-state index is -0.860. The van der Waals surface area contributed by atoms with Crippen LogP contribution in [0.5, 0.6) is 0 Å². The van der Waals surface area contributed by atoms with Gasteiger partial charge in [0.1, 0.15) is 0 Å². The molecule has 0 unspecified atom stereocenters. The van der Waals surface area contributed by atoms with Gasteiger partial charge in [0.2, 0.25) is 0 Å². The number of carboxylic acids is 1. The van der Waals surface area contributed by atoms with Crippen LogP contribution in [-0.4, -0.2) is 17.2 Å². The Morgan fingerprint density at radius 3 is 2.67 bits per heavy atom. The molecular formula is C15H18O3. The molecule has 1 aromatic carbocycles. The molecule has 1 aliphatic rings. The minimum Gasteiger partial charge on any atom is -0.478 e. The first kappa shape index (κ1) is 12.8. The molecule has 0 radical (unpaired) electrons. The van der Waals surface area contributed by atoms with Crippen LogP contribution in [0.4, 0.5) is 0 Å². The maximum absolute atomic E-state index is 10.5. The third-order valence-corrected chi connectivity index (χ3v) is 3.42. The Hall–Kier alpha value is -1.61. The Morgan fingerprint density at radius 2 is 2.06 bits per heavy atom. The van der Waals surface area contributed by atoms with Crippen molar-refractivity contribution in [2.24, 2.45) is 5.92 Å². The van der Waals surface area contributed by atoms with Gasteiger partial charge in [0.05, 0.1) is 12.7 Å². The third kappa shape index (κ3) is 3.44. The standard InChI is InChI=1S/C15H18O3/c1-11(7-15(16)17)13-8-14(9-13)18-10-12-5-3-2-4-6-12/h2-7,13-14H,8-10H2,1H3,(H,16,17). The lowest BCUT2D eigenvalue weighted by atomic mass is 9.77. The van der Waals surface area contributed by atoms with Gasteiger partial charge < -0.3 is 9.84 Å². The molecule has 3 nitrogen and oxygen atoms in total. The van der Waals surface area contributed by atoms with Crippen molar-refractivity contribution in [1.29, 1.82) is 0 Å². The Kier molecular flexibility index (Phi) is 4.15. The fourth-order valence-corrected chi connectivity index (χ4v) is 2.17. The lowest BCUT2D eigenvalue weighted by Gasteiger charge is -2.35. The number of rotatable bonds is 5. The quantitative estimate of drug-likeness (QED) is 0.812. The van der Waals surface area contributed by atoms with E-state index in [4.69, 9.17) is 9.84 Å². The van der Waals surface area contributed by atoms with E-state index in [9.17, 15) is 4.79 Å². The topological polar surface area (TPSA) is 46.5 Å². The second-order valence-electron chi connectivity index (χ2n) is 4.81. The van der Waals surface area contributed by atoms with E-state index in [1.807, 2.05) is 37.3 Å². The molecule has 1 N–H and O–H groups in total. The summed E-state index contributed by atoms with van der Waals surface area (Å²) in [7, 11) is 0. The van der Waals surface area contributed by atoms with E-state index in [2.05, 4.69) is 0 Å². The van der Waals surface area contributed by atoms with Crippen molar-refractivity contribution in [3.8, 4) is 0 Å². The van der Waals surface area contributed by atoms with Crippen molar-refractivity contribution in [3.05, 3.63) is 47.5 Å². The van der Waals surface area contributed by atoms with Crippen molar-refractivity contribution in [1.82, 2.24) is 0 Å². The summed E-state index contributed by atoms with van der Waals surface area (Å²) >= 11 is 0. The van der Waals surface area contributed by atoms with E-state index in [0.717, 1.165) is 18.4 Å². The van der Waals surface area contributed by atoms with Crippen LogP contribution in [-0.2, 0) is 16.1 Å². The molecule has 0 atom stereocenters. The summed E-state index contributed by atoms with van der Waals surface area (Å²) in [5, 5.41) is 8.66. The molecule has 0 bridgehead atoms. The zero-order valence-electron chi connectivity index (χ0n) is 10.5. The Bertz CT molecular complexity index is 430. The highest BCUT2D eigenvalue weighted by molar-refractivity contribution is 5.80. The molecule has 2 rings (SSSR count). The molecule has 0 aliphatic heterocycles. The van der Waals surface area contributed by atoms with Gasteiger partial charge in [-0.3, -0.25) is 0 Å². The summed E-state index contributed by atoms with van der Waals surface area (Å²) < 4.78 is 5.77. The van der Waals surface area contributed by atoms with Gasteiger partial charge in [-0.1, -0.05) is 35.9 Å². The number of aliphatic carboxylic acids is 1. The molecule has 1 aromatic rings. The molecule has 0 heterocycles.